The van der Waals surface area contributed by atoms with Crippen molar-refractivity contribution in [1.29, 1.82) is 0 Å². The van der Waals surface area contributed by atoms with E-state index in [9.17, 15) is 0 Å². The maximum Gasteiger partial charge on any atom is 0.266 e. The molecule has 0 unspecified atom stereocenters. The molecule has 0 saturated heterocycles. The standard InChI is InChI=1S/C11H13ClN4O/c1-3-16(2)11-14-10(17-15-11)8-5-4-7(12)6-9(8)13/h4-6H,3,13H2,1-2H3. The SMILES string of the molecule is CCN(C)c1noc(-c2ccc(Cl)cc2N)n1. The number of aromatic nitrogens is 2. The molecule has 0 radical (unpaired) electrons. The molecule has 0 spiro atoms. The molecule has 2 rings (SSSR count). The number of anilines is 2. The Kier molecular flexibility index (Phi) is 3.19. The van der Waals surface area contributed by atoms with Crippen molar-refractivity contribution in [3.8, 4) is 11.5 Å². The second-order valence-corrected chi connectivity index (χ2v) is 4.08. The first-order valence-electron chi connectivity index (χ1n) is 5.22. The monoisotopic (exact) mass is 252 g/mol. The minimum Gasteiger partial charge on any atom is -0.398 e. The first-order chi connectivity index (χ1) is 8.11. The predicted octanol–water partition coefficient (Wildman–Crippen LogP) is 2.43. The zero-order valence-electron chi connectivity index (χ0n) is 9.64. The largest absolute Gasteiger partial charge is 0.398 e. The molecular formula is C11H13ClN4O. The van der Waals surface area contributed by atoms with E-state index in [0.717, 1.165) is 6.54 Å². The van der Waals surface area contributed by atoms with Crippen LogP contribution in [0.3, 0.4) is 0 Å². The van der Waals surface area contributed by atoms with Gasteiger partial charge in [0, 0.05) is 24.3 Å². The summed E-state index contributed by atoms with van der Waals surface area (Å²) in [6.45, 7) is 2.81. The molecule has 0 amide bonds. The van der Waals surface area contributed by atoms with Gasteiger partial charge in [-0.1, -0.05) is 11.6 Å². The highest BCUT2D eigenvalue weighted by Gasteiger charge is 2.13. The Morgan fingerprint density at radius 2 is 2.24 bits per heavy atom. The van der Waals surface area contributed by atoms with Crippen LogP contribution in [0.4, 0.5) is 11.6 Å². The van der Waals surface area contributed by atoms with Crippen LogP contribution < -0.4 is 10.6 Å². The highest BCUT2D eigenvalue weighted by Crippen LogP contribution is 2.28. The molecular weight excluding hydrogens is 240 g/mol. The molecule has 0 aliphatic rings. The Morgan fingerprint density at radius 3 is 2.88 bits per heavy atom. The Labute approximate surface area is 104 Å². The van der Waals surface area contributed by atoms with Gasteiger partial charge in [0.05, 0.1) is 5.56 Å². The van der Waals surface area contributed by atoms with E-state index in [1.807, 2.05) is 18.9 Å². The van der Waals surface area contributed by atoms with Gasteiger partial charge in [0.25, 0.3) is 11.8 Å². The molecule has 90 valence electrons. The summed E-state index contributed by atoms with van der Waals surface area (Å²) in [7, 11) is 1.89. The normalized spacial score (nSPS) is 10.5. The molecule has 2 N–H and O–H groups in total. The van der Waals surface area contributed by atoms with E-state index in [1.165, 1.54) is 0 Å². The summed E-state index contributed by atoms with van der Waals surface area (Å²) in [6, 6.07) is 5.16. The van der Waals surface area contributed by atoms with E-state index >= 15 is 0 Å². The van der Waals surface area contributed by atoms with Gasteiger partial charge in [0.2, 0.25) is 0 Å². The van der Waals surface area contributed by atoms with Gasteiger partial charge in [-0.05, 0) is 30.3 Å². The average Bonchev–Trinajstić information content (AvgIpc) is 2.77. The molecule has 1 aromatic carbocycles. The van der Waals surface area contributed by atoms with Crippen LogP contribution in [-0.2, 0) is 0 Å². The lowest BCUT2D eigenvalue weighted by Gasteiger charge is -2.08. The van der Waals surface area contributed by atoms with Gasteiger partial charge in [-0.25, -0.2) is 0 Å². The number of nitrogens with two attached hydrogens (primary N) is 1. The third-order valence-corrected chi connectivity index (χ3v) is 2.71. The van der Waals surface area contributed by atoms with Crippen molar-refractivity contribution in [2.45, 2.75) is 6.92 Å². The van der Waals surface area contributed by atoms with Crippen molar-refractivity contribution in [1.82, 2.24) is 10.1 Å². The van der Waals surface area contributed by atoms with Crippen LogP contribution >= 0.6 is 11.6 Å². The Balaban J connectivity index is 2.37. The highest BCUT2D eigenvalue weighted by atomic mass is 35.5. The minimum absolute atomic E-state index is 0.398. The molecule has 17 heavy (non-hydrogen) atoms. The van der Waals surface area contributed by atoms with E-state index in [0.29, 0.717) is 28.1 Å². The van der Waals surface area contributed by atoms with E-state index < -0.39 is 0 Å². The van der Waals surface area contributed by atoms with Crippen molar-refractivity contribution >= 4 is 23.2 Å². The van der Waals surface area contributed by atoms with Crippen LogP contribution in [0.25, 0.3) is 11.5 Å². The number of benzene rings is 1. The van der Waals surface area contributed by atoms with Crippen LogP contribution in [0, 0.1) is 0 Å². The molecule has 0 atom stereocenters. The van der Waals surface area contributed by atoms with Gasteiger partial charge >= 0.3 is 0 Å². The van der Waals surface area contributed by atoms with E-state index in [1.54, 1.807) is 18.2 Å². The first kappa shape index (κ1) is 11.7. The molecule has 0 bridgehead atoms. The highest BCUT2D eigenvalue weighted by molar-refractivity contribution is 6.31. The fourth-order valence-electron chi connectivity index (χ4n) is 1.35. The van der Waals surface area contributed by atoms with Gasteiger partial charge in [-0.15, -0.1) is 0 Å². The lowest BCUT2D eigenvalue weighted by molar-refractivity contribution is 0.430. The molecule has 0 aliphatic carbocycles. The second kappa shape index (κ2) is 4.63. The van der Waals surface area contributed by atoms with Crippen LogP contribution in [0.1, 0.15) is 6.92 Å². The molecule has 6 heteroatoms. The summed E-state index contributed by atoms with van der Waals surface area (Å²) < 4.78 is 5.17. The maximum atomic E-state index is 5.85. The zero-order valence-corrected chi connectivity index (χ0v) is 10.4. The first-order valence-corrected chi connectivity index (χ1v) is 5.60. The predicted molar refractivity (Wildman–Crippen MR) is 68.1 cm³/mol. The number of halogens is 1. The Bertz CT molecular complexity index is 526. The van der Waals surface area contributed by atoms with Crippen molar-refractivity contribution in [3.05, 3.63) is 23.2 Å². The molecule has 2 aromatic rings. The van der Waals surface area contributed by atoms with E-state index in [-0.39, 0.29) is 0 Å². The molecule has 1 aromatic heterocycles. The minimum atomic E-state index is 0.398. The van der Waals surface area contributed by atoms with Gasteiger partial charge in [-0.3, -0.25) is 0 Å². The van der Waals surface area contributed by atoms with Crippen LogP contribution in [-0.4, -0.2) is 23.7 Å². The number of nitrogen functional groups attached to an aromatic ring is 1. The summed E-state index contributed by atoms with van der Waals surface area (Å²) >= 11 is 5.83. The quantitative estimate of drug-likeness (QED) is 0.850. The topological polar surface area (TPSA) is 68.2 Å². The van der Waals surface area contributed by atoms with Crippen molar-refractivity contribution < 1.29 is 4.52 Å². The van der Waals surface area contributed by atoms with Crippen molar-refractivity contribution in [3.63, 3.8) is 0 Å². The van der Waals surface area contributed by atoms with E-state index in [4.69, 9.17) is 21.9 Å². The van der Waals surface area contributed by atoms with Gasteiger partial charge in [0.15, 0.2) is 0 Å². The van der Waals surface area contributed by atoms with Crippen LogP contribution in [0.2, 0.25) is 5.02 Å². The Morgan fingerprint density at radius 1 is 1.47 bits per heavy atom. The summed E-state index contributed by atoms with van der Waals surface area (Å²) in [5, 5.41) is 4.46. The zero-order chi connectivity index (χ0) is 12.4. The number of hydrogen-bond donors (Lipinski definition) is 1. The fraction of sp³-hybridized carbons (Fsp3) is 0.273. The molecule has 0 fully saturated rings. The van der Waals surface area contributed by atoms with Gasteiger partial charge in [0.1, 0.15) is 0 Å². The lowest BCUT2D eigenvalue weighted by atomic mass is 10.2. The molecule has 0 saturated carbocycles. The van der Waals surface area contributed by atoms with Crippen LogP contribution in [0.15, 0.2) is 22.7 Å². The smallest absolute Gasteiger partial charge is 0.266 e. The molecule has 5 nitrogen and oxygen atoms in total. The summed E-state index contributed by atoms with van der Waals surface area (Å²) in [5.74, 6) is 0.936. The molecule has 0 aliphatic heterocycles. The average molecular weight is 253 g/mol. The number of nitrogens with zero attached hydrogens (tertiary/aromatic N) is 3. The summed E-state index contributed by atoms with van der Waals surface area (Å²) in [5.41, 5.74) is 7.06. The number of hydrogen-bond acceptors (Lipinski definition) is 5. The van der Waals surface area contributed by atoms with Crippen LogP contribution in [0.5, 0.6) is 0 Å². The lowest BCUT2D eigenvalue weighted by Crippen LogP contribution is -2.16. The van der Waals surface area contributed by atoms with Crippen molar-refractivity contribution in [2.75, 3.05) is 24.2 Å². The summed E-state index contributed by atoms with van der Waals surface area (Å²) in [6.07, 6.45) is 0. The number of rotatable bonds is 3. The third-order valence-electron chi connectivity index (χ3n) is 2.48. The summed E-state index contributed by atoms with van der Waals surface area (Å²) in [4.78, 5) is 6.14. The van der Waals surface area contributed by atoms with E-state index in [2.05, 4.69) is 10.1 Å². The molecule has 1 heterocycles. The second-order valence-electron chi connectivity index (χ2n) is 3.65. The Hall–Kier alpha value is -1.75. The third kappa shape index (κ3) is 2.34. The van der Waals surface area contributed by atoms with Gasteiger partial charge in [-0.2, -0.15) is 4.98 Å². The fourth-order valence-corrected chi connectivity index (χ4v) is 1.53. The van der Waals surface area contributed by atoms with Crippen molar-refractivity contribution in [2.24, 2.45) is 0 Å². The van der Waals surface area contributed by atoms with Gasteiger partial charge < -0.3 is 15.2 Å². The maximum absolute atomic E-state index is 5.85.